The number of methoxy groups -OCH3 is 2. The summed E-state index contributed by atoms with van der Waals surface area (Å²) in [6.45, 7) is 6.87. The highest BCUT2D eigenvalue weighted by atomic mass is 32.2. The van der Waals surface area contributed by atoms with Gasteiger partial charge in [-0.2, -0.15) is 5.26 Å². The summed E-state index contributed by atoms with van der Waals surface area (Å²) in [5.41, 5.74) is 2.46. The van der Waals surface area contributed by atoms with Crippen LogP contribution in [0.2, 0.25) is 0 Å². The molecule has 0 aliphatic carbocycles. The van der Waals surface area contributed by atoms with Gasteiger partial charge < -0.3 is 14.4 Å². The Morgan fingerprint density at radius 2 is 1.97 bits per heavy atom. The first-order chi connectivity index (χ1) is 14.9. The number of thioether (sulfide) groups is 1. The van der Waals surface area contributed by atoms with Crippen LogP contribution in [0.3, 0.4) is 0 Å². The van der Waals surface area contributed by atoms with Gasteiger partial charge in [-0.05, 0) is 79.6 Å². The number of aryl methyl sites for hydroxylation is 1. The molecular weight excluding hydrogens is 408 g/mol. The second kappa shape index (κ2) is 12.4. The molecule has 0 spiro atoms. The van der Waals surface area contributed by atoms with Gasteiger partial charge in [-0.25, -0.2) is 0 Å². The number of rotatable bonds is 6. The number of hydrogen-bond acceptors (Lipinski definition) is 6. The zero-order valence-corrected chi connectivity index (χ0v) is 19.9. The topological polar surface area (TPSA) is 62.6 Å². The molecule has 2 aromatic rings. The van der Waals surface area contributed by atoms with E-state index in [9.17, 15) is 4.79 Å². The van der Waals surface area contributed by atoms with E-state index in [0.717, 1.165) is 30.0 Å². The van der Waals surface area contributed by atoms with Gasteiger partial charge in [-0.3, -0.25) is 4.79 Å². The van der Waals surface area contributed by atoms with Gasteiger partial charge >= 0.3 is 5.97 Å². The number of hydrogen-bond donors (Lipinski definition) is 0. The van der Waals surface area contributed by atoms with Crippen molar-refractivity contribution in [3.63, 3.8) is 0 Å². The van der Waals surface area contributed by atoms with Crippen molar-refractivity contribution in [3.05, 3.63) is 59.2 Å². The van der Waals surface area contributed by atoms with E-state index in [1.54, 1.807) is 24.9 Å². The van der Waals surface area contributed by atoms with Crippen LogP contribution in [0, 0.1) is 24.2 Å². The fraction of sp³-hybridized carbons (Fsp3) is 0.440. The lowest BCUT2D eigenvalue weighted by Crippen LogP contribution is -2.31. The highest BCUT2D eigenvalue weighted by molar-refractivity contribution is 7.98. The molecule has 1 aliphatic heterocycles. The highest BCUT2D eigenvalue weighted by Crippen LogP contribution is 2.25. The van der Waals surface area contributed by atoms with E-state index in [1.807, 2.05) is 43.3 Å². The van der Waals surface area contributed by atoms with Crippen LogP contribution in [-0.2, 0) is 9.53 Å². The Labute approximate surface area is 190 Å². The Kier molecular flexibility index (Phi) is 9.90. The van der Waals surface area contributed by atoms with Crippen molar-refractivity contribution < 1.29 is 14.3 Å². The maximum atomic E-state index is 12.2. The quantitative estimate of drug-likeness (QED) is 0.471. The maximum Gasteiger partial charge on any atom is 0.314 e. The SMILES string of the molecule is COC(=O)C(CN1CCC(C)C1)c1cc(C)cc(C#N)c1.COc1ccc(SC)cc1. The molecule has 0 aromatic heterocycles. The number of carbonyl (C=O) groups excluding carboxylic acids is 1. The Morgan fingerprint density at radius 3 is 2.48 bits per heavy atom. The Bertz CT molecular complexity index is 870. The second-order valence-corrected chi connectivity index (χ2v) is 8.73. The molecule has 0 amide bonds. The van der Waals surface area contributed by atoms with Crippen molar-refractivity contribution in [2.24, 2.45) is 5.92 Å². The monoisotopic (exact) mass is 440 g/mol. The van der Waals surface area contributed by atoms with Crippen LogP contribution in [-0.4, -0.2) is 51.0 Å². The Balaban J connectivity index is 0.000000285. The summed E-state index contributed by atoms with van der Waals surface area (Å²) < 4.78 is 9.97. The van der Waals surface area contributed by atoms with E-state index < -0.39 is 0 Å². The number of nitriles is 1. The van der Waals surface area contributed by atoms with E-state index in [2.05, 4.69) is 24.1 Å². The van der Waals surface area contributed by atoms with E-state index in [0.29, 0.717) is 18.0 Å². The fourth-order valence-electron chi connectivity index (χ4n) is 3.70. The second-order valence-electron chi connectivity index (χ2n) is 7.85. The van der Waals surface area contributed by atoms with Crippen LogP contribution in [0.5, 0.6) is 5.75 Å². The molecule has 1 aliphatic rings. The Hall–Kier alpha value is -2.49. The zero-order valence-electron chi connectivity index (χ0n) is 19.1. The number of esters is 1. The van der Waals surface area contributed by atoms with Gasteiger partial charge in [0.2, 0.25) is 0 Å². The standard InChI is InChI=1S/C17H22N2O2.C8H10OS/c1-12-4-5-19(10-12)11-16(17(20)21-3)15-7-13(2)6-14(8-15)9-18;1-9-7-3-5-8(10-2)6-4-7/h6-8,12,16H,4-5,10-11H2,1-3H3;3-6H,1-2H3. The predicted octanol–water partition coefficient (Wildman–Crippen LogP) is 4.88. The van der Waals surface area contributed by atoms with Crippen molar-refractivity contribution in [2.75, 3.05) is 40.1 Å². The largest absolute Gasteiger partial charge is 0.497 e. The van der Waals surface area contributed by atoms with Crippen LogP contribution in [0.1, 0.15) is 36.0 Å². The maximum absolute atomic E-state index is 12.2. The lowest BCUT2D eigenvalue weighted by Gasteiger charge is -2.22. The molecule has 5 nitrogen and oxygen atoms in total. The van der Waals surface area contributed by atoms with Crippen LogP contribution in [0.15, 0.2) is 47.4 Å². The Morgan fingerprint density at radius 1 is 1.26 bits per heavy atom. The van der Waals surface area contributed by atoms with Crippen LogP contribution in [0.4, 0.5) is 0 Å². The number of carbonyl (C=O) groups is 1. The van der Waals surface area contributed by atoms with E-state index in [-0.39, 0.29) is 11.9 Å². The number of benzene rings is 2. The molecular formula is C25H32N2O3S. The molecule has 1 saturated heterocycles. The summed E-state index contributed by atoms with van der Waals surface area (Å²) in [5, 5.41) is 9.11. The molecule has 0 radical (unpaired) electrons. The van der Waals surface area contributed by atoms with Crippen LogP contribution >= 0.6 is 11.8 Å². The molecule has 1 heterocycles. The molecule has 2 aromatic carbocycles. The predicted molar refractivity (Wildman–Crippen MR) is 126 cm³/mol. The highest BCUT2D eigenvalue weighted by Gasteiger charge is 2.28. The third-order valence-corrected chi connectivity index (χ3v) is 6.10. The number of nitrogens with zero attached hydrogens (tertiary/aromatic N) is 2. The minimum absolute atomic E-state index is 0.232. The summed E-state index contributed by atoms with van der Waals surface area (Å²) in [6.07, 6.45) is 3.23. The fourth-order valence-corrected chi connectivity index (χ4v) is 4.11. The lowest BCUT2D eigenvalue weighted by atomic mass is 9.95. The molecule has 0 bridgehead atoms. The summed E-state index contributed by atoms with van der Waals surface area (Å²) in [5.74, 6) is 1.03. The summed E-state index contributed by atoms with van der Waals surface area (Å²) in [6, 6.07) is 15.8. The lowest BCUT2D eigenvalue weighted by molar-refractivity contribution is -0.142. The molecule has 2 unspecified atom stereocenters. The van der Waals surface area contributed by atoms with Gasteiger partial charge in [0.25, 0.3) is 0 Å². The first kappa shape index (κ1) is 24.8. The smallest absolute Gasteiger partial charge is 0.314 e. The van der Waals surface area contributed by atoms with Crippen molar-refractivity contribution in [3.8, 4) is 11.8 Å². The van der Waals surface area contributed by atoms with Crippen molar-refractivity contribution in [1.82, 2.24) is 4.90 Å². The molecule has 31 heavy (non-hydrogen) atoms. The molecule has 2 atom stereocenters. The summed E-state index contributed by atoms with van der Waals surface area (Å²) in [7, 11) is 3.09. The van der Waals surface area contributed by atoms with E-state index in [1.165, 1.54) is 18.4 Å². The molecule has 3 rings (SSSR count). The molecule has 0 N–H and O–H groups in total. The minimum Gasteiger partial charge on any atom is -0.497 e. The van der Waals surface area contributed by atoms with Gasteiger partial charge in [0.05, 0.1) is 31.8 Å². The molecule has 166 valence electrons. The third-order valence-electron chi connectivity index (χ3n) is 5.36. The van der Waals surface area contributed by atoms with Crippen molar-refractivity contribution in [2.45, 2.75) is 31.1 Å². The first-order valence-electron chi connectivity index (χ1n) is 10.4. The van der Waals surface area contributed by atoms with E-state index >= 15 is 0 Å². The van der Waals surface area contributed by atoms with Gasteiger partial charge in [0.15, 0.2) is 0 Å². The zero-order chi connectivity index (χ0) is 22.8. The summed E-state index contributed by atoms with van der Waals surface area (Å²) >= 11 is 1.73. The molecule has 0 saturated carbocycles. The van der Waals surface area contributed by atoms with E-state index in [4.69, 9.17) is 14.7 Å². The van der Waals surface area contributed by atoms with Crippen LogP contribution in [0.25, 0.3) is 0 Å². The number of ether oxygens (including phenoxy) is 2. The van der Waals surface area contributed by atoms with Gasteiger partial charge in [0, 0.05) is 18.0 Å². The van der Waals surface area contributed by atoms with Gasteiger partial charge in [-0.1, -0.05) is 13.0 Å². The molecule has 6 heteroatoms. The average Bonchev–Trinajstić information content (AvgIpc) is 3.21. The summed E-state index contributed by atoms with van der Waals surface area (Å²) in [4.78, 5) is 15.7. The van der Waals surface area contributed by atoms with Crippen molar-refractivity contribution in [1.29, 1.82) is 5.26 Å². The van der Waals surface area contributed by atoms with Crippen LogP contribution < -0.4 is 4.74 Å². The van der Waals surface area contributed by atoms with Gasteiger partial charge in [0.1, 0.15) is 5.75 Å². The number of likely N-dealkylation sites (tertiary alicyclic amines) is 1. The first-order valence-corrected chi connectivity index (χ1v) is 11.6. The van der Waals surface area contributed by atoms with Crippen molar-refractivity contribution >= 4 is 17.7 Å². The minimum atomic E-state index is -0.327. The molecule has 1 fully saturated rings. The normalized spacial score (nSPS) is 16.6. The third kappa shape index (κ3) is 7.61. The van der Waals surface area contributed by atoms with Gasteiger partial charge in [-0.15, -0.1) is 11.8 Å². The average molecular weight is 441 g/mol.